The predicted octanol–water partition coefficient (Wildman–Crippen LogP) is 6.03. The third-order valence-electron chi connectivity index (χ3n) is 7.23. The van der Waals surface area contributed by atoms with E-state index in [2.05, 4.69) is 28.9 Å². The van der Waals surface area contributed by atoms with Crippen LogP contribution >= 0.6 is 12.0 Å². The third-order valence-corrected chi connectivity index (χ3v) is 7.89. The quantitative estimate of drug-likeness (QED) is 0.0302. The van der Waals surface area contributed by atoms with Crippen LogP contribution < -0.4 is 16.0 Å². The monoisotopic (exact) mass is 773 g/mol. The van der Waals surface area contributed by atoms with Gasteiger partial charge in [0.2, 0.25) is 5.91 Å². The van der Waals surface area contributed by atoms with Crippen LogP contribution in [0.4, 0.5) is 26.7 Å². The van der Waals surface area contributed by atoms with Gasteiger partial charge in [-0.2, -0.15) is 17.5 Å². The molecule has 53 heavy (non-hydrogen) atoms. The molecular weight excluding hydrogens is 729 g/mol. The average molecular weight is 774 g/mol. The molecule has 2 amide bonds. The third kappa shape index (κ3) is 18.9. The second kappa shape index (κ2) is 24.1. The van der Waals surface area contributed by atoms with Crippen molar-refractivity contribution in [3.63, 3.8) is 0 Å². The number of rotatable bonds is 20. The van der Waals surface area contributed by atoms with E-state index in [-0.39, 0.29) is 30.9 Å². The predicted molar refractivity (Wildman–Crippen MR) is 187 cm³/mol. The number of alkyl halides is 3. The maximum absolute atomic E-state index is 14.0. The Kier molecular flexibility index (Phi) is 20.4. The van der Waals surface area contributed by atoms with Crippen molar-refractivity contribution in [3.8, 4) is 0 Å². The summed E-state index contributed by atoms with van der Waals surface area (Å²) in [6, 6.07) is 18.0. The Morgan fingerprint density at radius 2 is 1.51 bits per heavy atom. The number of aliphatic hydroxyl groups is 1. The minimum Gasteiger partial charge on any atom is -0.475 e. The molecule has 17 heteroatoms. The smallest absolute Gasteiger partial charge is 0.475 e. The van der Waals surface area contributed by atoms with Crippen LogP contribution in [0.2, 0.25) is 0 Å². The summed E-state index contributed by atoms with van der Waals surface area (Å²) in [6.07, 6.45) is -4.57. The van der Waals surface area contributed by atoms with Crippen molar-refractivity contribution in [2.24, 2.45) is 0 Å². The number of aliphatic carboxylic acids is 1. The lowest BCUT2D eigenvalue weighted by molar-refractivity contribution is -0.192. The Labute approximate surface area is 308 Å². The molecular formula is C36H44F5N3O8S. The summed E-state index contributed by atoms with van der Waals surface area (Å²) in [5, 5.41) is 26.8. The molecule has 0 bridgehead atoms. The van der Waals surface area contributed by atoms with Crippen LogP contribution in [0.5, 0.6) is 0 Å². The highest BCUT2D eigenvalue weighted by Crippen LogP contribution is 2.15. The summed E-state index contributed by atoms with van der Waals surface area (Å²) >= 11 is 0.827. The lowest BCUT2D eigenvalue weighted by Gasteiger charge is -2.27. The van der Waals surface area contributed by atoms with Gasteiger partial charge in [-0.15, -0.1) is 0 Å². The SMILES string of the molecule is CCCCOOSC[C@@H](NC(=O)OCc1ccccc1)C(=O)N[C@@H](Cc1cc(F)cc(F)c1)[C@H](O)CNCc1cccc(CC)c1.O=C(O)C(F)(F)F. The molecule has 3 aromatic rings. The van der Waals surface area contributed by atoms with Crippen molar-refractivity contribution in [2.75, 3.05) is 18.9 Å². The number of benzene rings is 3. The van der Waals surface area contributed by atoms with E-state index < -0.39 is 54.0 Å². The number of unbranched alkanes of at least 4 members (excludes halogenated alkanes) is 1. The number of carboxylic acids is 1. The van der Waals surface area contributed by atoms with Gasteiger partial charge < -0.3 is 30.9 Å². The first-order chi connectivity index (χ1) is 25.2. The van der Waals surface area contributed by atoms with Gasteiger partial charge in [0, 0.05) is 31.2 Å². The standard InChI is InChI=1S/C34H43F2N3O6S.C2HF3O2/c1-3-5-14-44-45-46-23-31(39-34(42)43-22-25-10-7-6-8-11-25)33(41)38-30(18-27-16-28(35)19-29(36)17-27)32(40)21-37-20-26-13-9-12-24(4-2)15-26;3-2(4,5)1(6)7/h6-13,15-17,19,30-32,37,40H,3-5,14,18,20-23H2,1-2H3,(H,38,41)(H,39,42);(H,6,7)/t30-,31+,32+;/m0./s1. The second-order valence-corrected chi connectivity index (χ2v) is 12.3. The van der Waals surface area contributed by atoms with Gasteiger partial charge in [-0.05, 0) is 53.6 Å². The number of aliphatic hydroxyl groups excluding tert-OH is 1. The highest BCUT2D eigenvalue weighted by Gasteiger charge is 2.38. The number of carbonyl (C=O) groups is 3. The number of hydrogen-bond acceptors (Lipinski definition) is 9. The van der Waals surface area contributed by atoms with E-state index in [4.69, 9.17) is 23.9 Å². The number of halogens is 5. The van der Waals surface area contributed by atoms with Gasteiger partial charge in [-0.25, -0.2) is 23.3 Å². The first-order valence-electron chi connectivity index (χ1n) is 16.6. The minimum absolute atomic E-state index is 0.00983. The number of hydrogen-bond donors (Lipinski definition) is 5. The van der Waals surface area contributed by atoms with Crippen molar-refractivity contribution in [2.45, 2.75) is 77.0 Å². The molecule has 3 rings (SSSR count). The molecule has 0 fully saturated rings. The van der Waals surface area contributed by atoms with E-state index in [1.54, 1.807) is 12.1 Å². The zero-order valence-electron chi connectivity index (χ0n) is 29.2. The van der Waals surface area contributed by atoms with Crippen molar-refractivity contribution < 1.29 is 60.5 Å². The minimum atomic E-state index is -5.08. The molecule has 292 valence electrons. The zero-order valence-corrected chi connectivity index (χ0v) is 30.0. The largest absolute Gasteiger partial charge is 0.490 e. The lowest BCUT2D eigenvalue weighted by atomic mass is 10.00. The van der Waals surface area contributed by atoms with Gasteiger partial charge in [-0.3, -0.25) is 4.79 Å². The molecule has 0 unspecified atom stereocenters. The Morgan fingerprint density at radius 3 is 2.13 bits per heavy atom. The summed E-state index contributed by atoms with van der Waals surface area (Å²) in [5.41, 5.74) is 3.21. The number of ether oxygens (including phenoxy) is 1. The number of nitrogens with one attached hydrogen (secondary N) is 3. The number of amides is 2. The molecule has 0 aliphatic rings. The van der Waals surface area contributed by atoms with E-state index in [0.29, 0.717) is 13.2 Å². The maximum Gasteiger partial charge on any atom is 0.490 e. The number of aryl methyl sites for hydroxylation is 1. The fraction of sp³-hybridized carbons (Fsp3) is 0.417. The molecule has 0 heterocycles. The van der Waals surface area contributed by atoms with E-state index in [1.807, 2.05) is 43.3 Å². The Balaban J connectivity index is 0.00000126. The van der Waals surface area contributed by atoms with Crippen molar-refractivity contribution in [1.29, 1.82) is 0 Å². The highest BCUT2D eigenvalue weighted by molar-refractivity contribution is 7.94. The van der Waals surface area contributed by atoms with E-state index in [9.17, 15) is 36.6 Å². The summed E-state index contributed by atoms with van der Waals surface area (Å²) in [5.74, 6) is -5.02. The summed E-state index contributed by atoms with van der Waals surface area (Å²) in [6.45, 7) is 4.95. The summed E-state index contributed by atoms with van der Waals surface area (Å²) < 4.78 is 70.2. The van der Waals surface area contributed by atoms with Crippen LogP contribution in [0.15, 0.2) is 72.8 Å². The lowest BCUT2D eigenvalue weighted by Crippen LogP contribution is -2.55. The molecule has 0 aromatic heterocycles. The Hall–Kier alpha value is -4.29. The van der Waals surface area contributed by atoms with Gasteiger partial charge in [0.15, 0.2) is 0 Å². The second-order valence-electron chi connectivity index (χ2n) is 11.6. The van der Waals surface area contributed by atoms with Gasteiger partial charge in [0.25, 0.3) is 0 Å². The van der Waals surface area contributed by atoms with Crippen molar-refractivity contribution >= 4 is 30.0 Å². The molecule has 0 saturated heterocycles. The van der Waals surface area contributed by atoms with E-state index >= 15 is 0 Å². The molecule has 3 aromatic carbocycles. The van der Waals surface area contributed by atoms with E-state index in [1.165, 1.54) is 5.56 Å². The molecule has 3 atom stereocenters. The number of carbonyl (C=O) groups excluding carboxylic acids is 2. The maximum atomic E-state index is 14.0. The summed E-state index contributed by atoms with van der Waals surface area (Å²) in [4.78, 5) is 40.2. The molecule has 0 spiro atoms. The van der Waals surface area contributed by atoms with Crippen LogP contribution in [-0.4, -0.2) is 71.5 Å². The topological polar surface area (TPSA) is 155 Å². The molecule has 0 saturated carbocycles. The van der Waals surface area contributed by atoms with Crippen LogP contribution in [0.3, 0.4) is 0 Å². The summed E-state index contributed by atoms with van der Waals surface area (Å²) in [7, 11) is 0. The molecule has 5 N–H and O–H groups in total. The van der Waals surface area contributed by atoms with Crippen LogP contribution in [0, 0.1) is 11.6 Å². The fourth-order valence-electron chi connectivity index (χ4n) is 4.47. The first kappa shape index (κ1) is 44.9. The van der Waals surface area contributed by atoms with Gasteiger partial charge in [-0.1, -0.05) is 74.9 Å². The Morgan fingerprint density at radius 1 is 0.868 bits per heavy atom. The van der Waals surface area contributed by atoms with Gasteiger partial charge in [0.1, 0.15) is 24.3 Å². The van der Waals surface area contributed by atoms with E-state index in [0.717, 1.165) is 60.6 Å². The Bertz CT molecular complexity index is 1530. The van der Waals surface area contributed by atoms with Crippen LogP contribution in [-0.2, 0) is 49.5 Å². The fourth-order valence-corrected chi connectivity index (χ4v) is 5.03. The normalized spacial score (nSPS) is 12.8. The van der Waals surface area contributed by atoms with Crippen LogP contribution in [0.1, 0.15) is 48.9 Å². The van der Waals surface area contributed by atoms with Gasteiger partial charge in [0.05, 0.1) is 24.5 Å². The molecule has 0 radical (unpaired) electrons. The molecule has 0 aliphatic carbocycles. The van der Waals surface area contributed by atoms with Crippen LogP contribution in [0.25, 0.3) is 0 Å². The first-order valence-corrected chi connectivity index (χ1v) is 17.5. The average Bonchev–Trinajstić information content (AvgIpc) is 3.11. The highest BCUT2D eigenvalue weighted by atomic mass is 32.2. The zero-order chi connectivity index (χ0) is 39.2. The van der Waals surface area contributed by atoms with Crippen molar-refractivity contribution in [3.05, 3.63) is 107 Å². The number of alkyl carbamates (subject to hydrolysis) is 1. The number of carboxylic acid groups (broad SMARTS) is 1. The molecule has 0 aliphatic heterocycles. The molecule has 11 nitrogen and oxygen atoms in total. The van der Waals surface area contributed by atoms with Crippen molar-refractivity contribution in [1.82, 2.24) is 16.0 Å². The van der Waals surface area contributed by atoms with Gasteiger partial charge >= 0.3 is 18.2 Å².